The molecule has 0 bridgehead atoms. The van der Waals surface area contributed by atoms with Crippen LogP contribution in [-0.4, -0.2) is 37.1 Å². The number of carbonyl (C=O) groups is 1. The minimum Gasteiger partial charge on any atom is -0.375 e. The van der Waals surface area contributed by atoms with Crippen molar-refractivity contribution in [3.8, 4) is 0 Å². The quantitative estimate of drug-likeness (QED) is 0.707. The predicted molar refractivity (Wildman–Crippen MR) is 62.0 cm³/mol. The number of pyridine rings is 1. The fourth-order valence-electron chi connectivity index (χ4n) is 2.00. The Labute approximate surface area is 95.2 Å². The first-order chi connectivity index (χ1) is 7.70. The van der Waals surface area contributed by atoms with Gasteiger partial charge in [-0.25, -0.2) is 4.98 Å². The maximum Gasteiger partial charge on any atom is 0.151 e. The summed E-state index contributed by atoms with van der Waals surface area (Å²) in [4.78, 5) is 17.2. The van der Waals surface area contributed by atoms with E-state index in [1.54, 1.807) is 6.20 Å². The van der Waals surface area contributed by atoms with Gasteiger partial charge < -0.3 is 9.64 Å². The van der Waals surface area contributed by atoms with Gasteiger partial charge in [-0.05, 0) is 25.5 Å². The van der Waals surface area contributed by atoms with Crippen molar-refractivity contribution in [2.75, 3.05) is 24.6 Å². The van der Waals surface area contributed by atoms with Crippen LogP contribution in [0.2, 0.25) is 0 Å². The molecule has 0 aliphatic carbocycles. The van der Waals surface area contributed by atoms with Gasteiger partial charge in [0.05, 0.1) is 12.7 Å². The first-order valence-electron chi connectivity index (χ1n) is 5.49. The van der Waals surface area contributed by atoms with Gasteiger partial charge in [0.25, 0.3) is 0 Å². The lowest BCUT2D eigenvalue weighted by molar-refractivity contribution is 0.0529. The molecular weight excluding hydrogens is 204 g/mol. The first-order valence-corrected chi connectivity index (χ1v) is 5.49. The van der Waals surface area contributed by atoms with Crippen LogP contribution in [0.25, 0.3) is 0 Å². The Kier molecular flexibility index (Phi) is 3.19. The van der Waals surface area contributed by atoms with Gasteiger partial charge in [-0.2, -0.15) is 0 Å². The molecule has 1 saturated heterocycles. The maximum absolute atomic E-state index is 10.6. The van der Waals surface area contributed by atoms with Gasteiger partial charge in [-0.15, -0.1) is 0 Å². The number of aryl methyl sites for hydroxylation is 1. The summed E-state index contributed by atoms with van der Waals surface area (Å²) in [6.07, 6.45) is 2.68. The van der Waals surface area contributed by atoms with E-state index >= 15 is 0 Å². The summed E-state index contributed by atoms with van der Waals surface area (Å²) in [5.41, 5.74) is 1.67. The lowest BCUT2D eigenvalue weighted by Crippen LogP contribution is -2.41. The number of ether oxygens (including phenoxy) is 1. The number of aromatic nitrogens is 1. The number of carbonyl (C=O) groups excluding carboxylic acids is 1. The molecule has 4 nitrogen and oxygen atoms in total. The largest absolute Gasteiger partial charge is 0.375 e. The molecule has 86 valence electrons. The number of nitrogens with zero attached hydrogens (tertiary/aromatic N) is 2. The number of rotatable bonds is 2. The third kappa shape index (κ3) is 2.22. The zero-order valence-corrected chi connectivity index (χ0v) is 9.64. The van der Waals surface area contributed by atoms with E-state index < -0.39 is 0 Å². The molecule has 1 atom stereocenters. The molecule has 1 aliphatic rings. The first kappa shape index (κ1) is 11.1. The van der Waals surface area contributed by atoms with Crippen LogP contribution in [0.3, 0.4) is 0 Å². The summed E-state index contributed by atoms with van der Waals surface area (Å²) in [5.74, 6) is 0.959. The topological polar surface area (TPSA) is 42.4 Å². The van der Waals surface area contributed by atoms with Crippen LogP contribution in [0.4, 0.5) is 5.82 Å². The van der Waals surface area contributed by atoms with Gasteiger partial charge >= 0.3 is 0 Å². The highest BCUT2D eigenvalue weighted by molar-refractivity contribution is 5.75. The Morgan fingerprint density at radius 1 is 1.62 bits per heavy atom. The number of anilines is 1. The van der Waals surface area contributed by atoms with Gasteiger partial charge in [0.2, 0.25) is 0 Å². The van der Waals surface area contributed by atoms with E-state index in [-0.39, 0.29) is 6.10 Å². The van der Waals surface area contributed by atoms with Gasteiger partial charge in [0, 0.05) is 24.8 Å². The Bertz CT molecular complexity index is 393. The standard InChI is InChI=1S/C12H16N2O2/c1-9-5-11(8-15)6-13-12(9)14-3-4-16-10(2)7-14/h5-6,8,10H,3-4,7H2,1-2H3. The van der Waals surface area contributed by atoms with Crippen LogP contribution in [0, 0.1) is 6.92 Å². The van der Waals surface area contributed by atoms with E-state index in [1.807, 2.05) is 13.0 Å². The second-order valence-electron chi connectivity index (χ2n) is 4.15. The predicted octanol–water partition coefficient (Wildman–Crippen LogP) is 1.43. The molecule has 0 amide bonds. The van der Waals surface area contributed by atoms with E-state index in [2.05, 4.69) is 16.8 Å². The maximum atomic E-state index is 10.6. The molecule has 1 aromatic heterocycles. The highest BCUT2D eigenvalue weighted by atomic mass is 16.5. The van der Waals surface area contributed by atoms with Crippen molar-refractivity contribution in [3.05, 3.63) is 23.4 Å². The zero-order valence-electron chi connectivity index (χ0n) is 9.64. The minimum absolute atomic E-state index is 0.237. The van der Waals surface area contributed by atoms with E-state index in [1.165, 1.54) is 0 Å². The molecule has 2 heterocycles. The van der Waals surface area contributed by atoms with Crippen LogP contribution in [-0.2, 0) is 4.74 Å². The summed E-state index contributed by atoms with van der Waals surface area (Å²) in [7, 11) is 0. The molecular formula is C12H16N2O2. The van der Waals surface area contributed by atoms with Crippen molar-refractivity contribution in [1.29, 1.82) is 0 Å². The highest BCUT2D eigenvalue weighted by Crippen LogP contribution is 2.19. The third-order valence-corrected chi connectivity index (χ3v) is 2.75. The summed E-state index contributed by atoms with van der Waals surface area (Å²) >= 11 is 0. The molecule has 0 saturated carbocycles. The Balaban J connectivity index is 2.22. The van der Waals surface area contributed by atoms with E-state index in [9.17, 15) is 4.79 Å². The van der Waals surface area contributed by atoms with Crippen molar-refractivity contribution in [1.82, 2.24) is 4.98 Å². The Morgan fingerprint density at radius 3 is 3.06 bits per heavy atom. The molecule has 4 heteroatoms. The molecule has 0 radical (unpaired) electrons. The van der Waals surface area contributed by atoms with Gasteiger partial charge in [0.1, 0.15) is 5.82 Å². The number of morpholine rings is 1. The molecule has 16 heavy (non-hydrogen) atoms. The SMILES string of the molecule is Cc1cc(C=O)cnc1N1CCOC(C)C1. The number of hydrogen-bond acceptors (Lipinski definition) is 4. The van der Waals surface area contributed by atoms with Crippen LogP contribution in [0.15, 0.2) is 12.3 Å². The molecule has 0 spiro atoms. The van der Waals surface area contributed by atoms with Gasteiger partial charge in [-0.3, -0.25) is 4.79 Å². The second kappa shape index (κ2) is 4.61. The summed E-state index contributed by atoms with van der Waals surface area (Å²) < 4.78 is 5.49. The molecule has 0 N–H and O–H groups in total. The average molecular weight is 220 g/mol. The Morgan fingerprint density at radius 2 is 2.44 bits per heavy atom. The third-order valence-electron chi connectivity index (χ3n) is 2.75. The van der Waals surface area contributed by atoms with Crippen LogP contribution in [0.1, 0.15) is 22.8 Å². The molecule has 1 aromatic rings. The fraction of sp³-hybridized carbons (Fsp3) is 0.500. The van der Waals surface area contributed by atoms with Crippen molar-refractivity contribution in [2.45, 2.75) is 20.0 Å². The second-order valence-corrected chi connectivity index (χ2v) is 4.15. The fourth-order valence-corrected chi connectivity index (χ4v) is 2.00. The van der Waals surface area contributed by atoms with E-state index in [4.69, 9.17) is 4.74 Å². The summed E-state index contributed by atoms with van der Waals surface area (Å²) in [5, 5.41) is 0. The van der Waals surface area contributed by atoms with Gasteiger partial charge in [-0.1, -0.05) is 0 Å². The van der Waals surface area contributed by atoms with Crippen LogP contribution >= 0.6 is 0 Å². The smallest absolute Gasteiger partial charge is 0.151 e. The zero-order chi connectivity index (χ0) is 11.5. The lowest BCUT2D eigenvalue weighted by atomic mass is 10.2. The monoisotopic (exact) mass is 220 g/mol. The highest BCUT2D eigenvalue weighted by Gasteiger charge is 2.19. The van der Waals surface area contributed by atoms with Crippen molar-refractivity contribution < 1.29 is 9.53 Å². The molecule has 0 aromatic carbocycles. The number of hydrogen-bond donors (Lipinski definition) is 0. The molecule has 1 aliphatic heterocycles. The summed E-state index contributed by atoms with van der Waals surface area (Å²) in [6, 6.07) is 1.87. The Hall–Kier alpha value is -1.42. The number of aldehydes is 1. The molecule has 1 unspecified atom stereocenters. The van der Waals surface area contributed by atoms with Gasteiger partial charge in [0.15, 0.2) is 6.29 Å². The van der Waals surface area contributed by atoms with E-state index in [0.29, 0.717) is 5.56 Å². The van der Waals surface area contributed by atoms with Crippen molar-refractivity contribution >= 4 is 12.1 Å². The van der Waals surface area contributed by atoms with Crippen molar-refractivity contribution in [3.63, 3.8) is 0 Å². The summed E-state index contributed by atoms with van der Waals surface area (Å²) in [6.45, 7) is 6.49. The normalized spacial score (nSPS) is 20.9. The van der Waals surface area contributed by atoms with Crippen LogP contribution < -0.4 is 4.90 Å². The van der Waals surface area contributed by atoms with E-state index in [0.717, 1.165) is 37.4 Å². The molecule has 1 fully saturated rings. The lowest BCUT2D eigenvalue weighted by Gasteiger charge is -2.32. The average Bonchev–Trinajstić information content (AvgIpc) is 2.28. The van der Waals surface area contributed by atoms with Crippen molar-refractivity contribution in [2.24, 2.45) is 0 Å². The van der Waals surface area contributed by atoms with Crippen LogP contribution in [0.5, 0.6) is 0 Å². The molecule has 2 rings (SSSR count). The minimum atomic E-state index is 0.237.